The van der Waals surface area contributed by atoms with Crippen LogP contribution in [0.15, 0.2) is 36.4 Å². The number of ether oxygens (including phenoxy) is 1. The van der Waals surface area contributed by atoms with E-state index in [1.807, 2.05) is 12.1 Å². The molecule has 1 aliphatic rings. The molecule has 2 nitrogen and oxygen atoms in total. The summed E-state index contributed by atoms with van der Waals surface area (Å²) >= 11 is 6.17. The van der Waals surface area contributed by atoms with Crippen LogP contribution >= 0.6 is 11.6 Å². The SMILES string of the molecule is COc1ccc(C(=O)c2ccc3c(c2)CCC3)c(Cl)c1. The molecule has 1 aliphatic carbocycles. The second kappa shape index (κ2) is 5.29. The molecule has 0 spiro atoms. The number of fused-ring (bicyclic) bond motifs is 1. The summed E-state index contributed by atoms with van der Waals surface area (Å²) in [4.78, 5) is 12.5. The van der Waals surface area contributed by atoms with Gasteiger partial charge in [-0.2, -0.15) is 0 Å². The van der Waals surface area contributed by atoms with Crippen molar-refractivity contribution in [1.29, 1.82) is 0 Å². The van der Waals surface area contributed by atoms with Crippen molar-refractivity contribution >= 4 is 17.4 Å². The number of halogens is 1. The van der Waals surface area contributed by atoms with E-state index in [-0.39, 0.29) is 5.78 Å². The van der Waals surface area contributed by atoms with E-state index in [4.69, 9.17) is 16.3 Å². The van der Waals surface area contributed by atoms with Crippen molar-refractivity contribution in [1.82, 2.24) is 0 Å². The van der Waals surface area contributed by atoms with Crippen LogP contribution in [0.3, 0.4) is 0 Å². The fourth-order valence-electron chi connectivity index (χ4n) is 2.68. The van der Waals surface area contributed by atoms with Gasteiger partial charge in [-0.1, -0.05) is 23.7 Å². The van der Waals surface area contributed by atoms with Gasteiger partial charge in [0.2, 0.25) is 0 Å². The first kappa shape index (κ1) is 13.2. The second-order valence-electron chi connectivity index (χ2n) is 5.01. The molecule has 0 atom stereocenters. The number of carbonyl (C=O) groups is 1. The van der Waals surface area contributed by atoms with Crippen LogP contribution in [-0.4, -0.2) is 12.9 Å². The highest BCUT2D eigenvalue weighted by atomic mass is 35.5. The number of carbonyl (C=O) groups excluding carboxylic acids is 1. The smallest absolute Gasteiger partial charge is 0.194 e. The third-order valence-corrected chi connectivity index (χ3v) is 4.09. The van der Waals surface area contributed by atoms with Crippen LogP contribution in [0, 0.1) is 0 Å². The summed E-state index contributed by atoms with van der Waals surface area (Å²) in [6, 6.07) is 11.1. The molecule has 0 radical (unpaired) electrons. The molecular weight excluding hydrogens is 272 g/mol. The fourth-order valence-corrected chi connectivity index (χ4v) is 2.93. The van der Waals surface area contributed by atoms with Crippen molar-refractivity contribution in [3.05, 3.63) is 63.7 Å². The highest BCUT2D eigenvalue weighted by Gasteiger charge is 2.17. The number of hydrogen-bond donors (Lipinski definition) is 0. The maximum absolute atomic E-state index is 12.5. The van der Waals surface area contributed by atoms with Gasteiger partial charge in [0, 0.05) is 11.1 Å². The lowest BCUT2D eigenvalue weighted by Crippen LogP contribution is -2.03. The molecule has 0 fully saturated rings. The Hall–Kier alpha value is -1.80. The van der Waals surface area contributed by atoms with Crippen molar-refractivity contribution < 1.29 is 9.53 Å². The summed E-state index contributed by atoms with van der Waals surface area (Å²) in [7, 11) is 1.58. The van der Waals surface area contributed by atoms with Gasteiger partial charge >= 0.3 is 0 Å². The molecule has 0 N–H and O–H groups in total. The maximum atomic E-state index is 12.5. The van der Waals surface area contributed by atoms with Crippen molar-refractivity contribution in [2.45, 2.75) is 19.3 Å². The molecular formula is C17H15ClO2. The minimum absolute atomic E-state index is 0.0349. The predicted octanol–water partition coefficient (Wildman–Crippen LogP) is 4.07. The van der Waals surface area contributed by atoms with Gasteiger partial charge in [0.1, 0.15) is 5.75 Å². The molecule has 0 saturated heterocycles. The van der Waals surface area contributed by atoms with E-state index in [1.54, 1.807) is 25.3 Å². The number of hydrogen-bond acceptors (Lipinski definition) is 2. The normalized spacial score (nSPS) is 13.1. The Morgan fingerprint density at radius 1 is 1.10 bits per heavy atom. The van der Waals surface area contributed by atoms with Crippen molar-refractivity contribution in [3.63, 3.8) is 0 Å². The summed E-state index contributed by atoms with van der Waals surface area (Å²) in [5.41, 5.74) is 3.88. The highest BCUT2D eigenvalue weighted by Crippen LogP contribution is 2.27. The molecule has 2 aromatic carbocycles. The number of rotatable bonds is 3. The highest BCUT2D eigenvalue weighted by molar-refractivity contribution is 6.35. The lowest BCUT2D eigenvalue weighted by atomic mass is 9.99. The van der Waals surface area contributed by atoms with Crippen LogP contribution < -0.4 is 4.74 Å². The molecule has 0 bridgehead atoms. The predicted molar refractivity (Wildman–Crippen MR) is 79.9 cm³/mol. The Morgan fingerprint density at radius 2 is 1.90 bits per heavy atom. The summed E-state index contributed by atoms with van der Waals surface area (Å²) < 4.78 is 5.10. The molecule has 3 heteroatoms. The van der Waals surface area contributed by atoms with Gasteiger partial charge < -0.3 is 4.74 Å². The van der Waals surface area contributed by atoms with E-state index in [2.05, 4.69) is 6.07 Å². The van der Waals surface area contributed by atoms with E-state index >= 15 is 0 Å². The largest absolute Gasteiger partial charge is 0.497 e. The molecule has 3 rings (SSSR count). The third kappa shape index (κ3) is 2.32. The Morgan fingerprint density at radius 3 is 2.65 bits per heavy atom. The summed E-state index contributed by atoms with van der Waals surface area (Å²) in [6.45, 7) is 0. The standard InChI is InChI=1S/C17H15ClO2/c1-20-14-7-8-15(16(18)10-14)17(19)13-6-5-11-3-2-4-12(11)9-13/h5-10H,2-4H2,1H3. The minimum Gasteiger partial charge on any atom is -0.497 e. The van der Waals surface area contributed by atoms with E-state index < -0.39 is 0 Å². The minimum atomic E-state index is -0.0349. The van der Waals surface area contributed by atoms with Gasteiger partial charge in [-0.15, -0.1) is 0 Å². The Balaban J connectivity index is 1.96. The van der Waals surface area contributed by atoms with Crippen LogP contribution in [0.25, 0.3) is 0 Å². The topological polar surface area (TPSA) is 26.3 Å². The van der Waals surface area contributed by atoms with Crippen molar-refractivity contribution in [3.8, 4) is 5.75 Å². The van der Waals surface area contributed by atoms with Gasteiger partial charge in [0.05, 0.1) is 12.1 Å². The number of ketones is 1. The molecule has 0 aliphatic heterocycles. The van der Waals surface area contributed by atoms with Gasteiger partial charge in [0.15, 0.2) is 5.78 Å². The van der Waals surface area contributed by atoms with E-state index in [0.717, 1.165) is 12.8 Å². The Labute approximate surface area is 123 Å². The molecule has 20 heavy (non-hydrogen) atoms. The average Bonchev–Trinajstić information content (AvgIpc) is 2.93. The maximum Gasteiger partial charge on any atom is 0.194 e. The lowest BCUT2D eigenvalue weighted by Gasteiger charge is -2.07. The monoisotopic (exact) mass is 286 g/mol. The Bertz CT molecular complexity index is 677. The molecule has 0 amide bonds. The van der Waals surface area contributed by atoms with Gasteiger partial charge in [-0.25, -0.2) is 0 Å². The zero-order valence-electron chi connectivity index (χ0n) is 11.3. The summed E-state index contributed by atoms with van der Waals surface area (Å²) in [6.07, 6.45) is 3.36. The summed E-state index contributed by atoms with van der Waals surface area (Å²) in [5, 5.41) is 0.426. The zero-order chi connectivity index (χ0) is 14.1. The van der Waals surface area contributed by atoms with Crippen LogP contribution in [0.5, 0.6) is 5.75 Å². The molecule has 0 heterocycles. The van der Waals surface area contributed by atoms with Crippen molar-refractivity contribution in [2.75, 3.05) is 7.11 Å². The number of methoxy groups -OCH3 is 1. The number of benzene rings is 2. The first-order valence-electron chi connectivity index (χ1n) is 6.69. The number of aryl methyl sites for hydroxylation is 2. The van der Waals surface area contributed by atoms with E-state index in [0.29, 0.717) is 21.9 Å². The first-order chi connectivity index (χ1) is 9.69. The first-order valence-corrected chi connectivity index (χ1v) is 7.07. The fraction of sp³-hybridized carbons (Fsp3) is 0.235. The average molecular weight is 287 g/mol. The molecule has 0 unspecified atom stereocenters. The van der Waals surface area contributed by atoms with Gasteiger partial charge in [-0.05, 0) is 54.7 Å². The van der Waals surface area contributed by atoms with Gasteiger partial charge in [-0.3, -0.25) is 4.79 Å². The molecule has 0 saturated carbocycles. The van der Waals surface area contributed by atoms with Gasteiger partial charge in [0.25, 0.3) is 0 Å². The third-order valence-electron chi connectivity index (χ3n) is 3.78. The zero-order valence-corrected chi connectivity index (χ0v) is 12.0. The second-order valence-corrected chi connectivity index (χ2v) is 5.42. The van der Waals surface area contributed by atoms with Crippen molar-refractivity contribution in [2.24, 2.45) is 0 Å². The van der Waals surface area contributed by atoms with Crippen LogP contribution in [-0.2, 0) is 12.8 Å². The molecule has 2 aromatic rings. The van der Waals surface area contributed by atoms with E-state index in [9.17, 15) is 4.79 Å². The molecule has 0 aromatic heterocycles. The lowest BCUT2D eigenvalue weighted by molar-refractivity contribution is 0.103. The Kier molecular flexibility index (Phi) is 3.49. The van der Waals surface area contributed by atoms with Crippen LogP contribution in [0.2, 0.25) is 5.02 Å². The van der Waals surface area contributed by atoms with Crippen LogP contribution in [0.1, 0.15) is 33.5 Å². The van der Waals surface area contributed by atoms with E-state index in [1.165, 1.54) is 17.5 Å². The summed E-state index contributed by atoms with van der Waals surface area (Å²) in [5.74, 6) is 0.618. The molecule has 102 valence electrons. The quantitative estimate of drug-likeness (QED) is 0.795. The van der Waals surface area contributed by atoms with Crippen LogP contribution in [0.4, 0.5) is 0 Å².